The van der Waals surface area contributed by atoms with Gasteiger partial charge in [0.05, 0.1) is 19.8 Å². The highest BCUT2D eigenvalue weighted by molar-refractivity contribution is 7.80. The molecule has 28 heavy (non-hydrogen) atoms. The Hall–Kier alpha value is -1.93. The van der Waals surface area contributed by atoms with E-state index in [-0.39, 0.29) is 5.11 Å². The Bertz CT molecular complexity index is 829. The van der Waals surface area contributed by atoms with E-state index in [0.717, 1.165) is 0 Å². The predicted octanol–water partition coefficient (Wildman–Crippen LogP) is 4.12. The van der Waals surface area contributed by atoms with Gasteiger partial charge in [-0.1, -0.05) is 46.9 Å². The number of alkyl halides is 3. The number of carbonyl (C=O) groups excluding carboxylic acids is 1. The van der Waals surface area contributed by atoms with E-state index in [1.165, 1.54) is 7.11 Å². The quantitative estimate of drug-likeness (QED) is 0.341. The number of amides is 1. The third-order valence-corrected chi connectivity index (χ3v) is 4.45. The molecule has 2 aromatic rings. The summed E-state index contributed by atoms with van der Waals surface area (Å²) < 4.78 is 8.41. The lowest BCUT2D eigenvalue weighted by Gasteiger charge is -2.28. The number of para-hydroxylation sites is 1. The van der Waals surface area contributed by atoms with Gasteiger partial charge in [0.25, 0.3) is 5.91 Å². The monoisotopic (exact) mass is 461 g/mol. The van der Waals surface area contributed by atoms with E-state index >= 15 is 0 Å². The molecule has 0 spiro atoms. The van der Waals surface area contributed by atoms with Gasteiger partial charge in [0.15, 0.2) is 5.11 Å². The average Bonchev–Trinajstić information content (AvgIpc) is 2.67. The van der Waals surface area contributed by atoms with Gasteiger partial charge in [-0.25, -0.2) is 0 Å². The molecule has 0 aliphatic rings. The highest BCUT2D eigenvalue weighted by Crippen LogP contribution is 2.30. The lowest BCUT2D eigenvalue weighted by Crippen LogP contribution is -2.56. The Morgan fingerprint density at radius 1 is 1.00 bits per heavy atom. The standard InChI is InChI=1S/C18H18Cl3N3O3S/c1-26-12-9-7-11(8-10-12)22-17(28)24-16(18(19,20)21)23-15(25)13-5-3-4-6-14(13)27-2/h3-10,16H,1-2H3,(H,23,25)(H2,22,24,28)/t16-/m1/s1. The Morgan fingerprint density at radius 2 is 1.64 bits per heavy atom. The van der Waals surface area contributed by atoms with E-state index in [0.29, 0.717) is 22.7 Å². The Morgan fingerprint density at radius 3 is 2.21 bits per heavy atom. The van der Waals surface area contributed by atoms with E-state index in [4.69, 9.17) is 56.5 Å². The van der Waals surface area contributed by atoms with Crippen LogP contribution in [0.1, 0.15) is 10.4 Å². The molecule has 150 valence electrons. The van der Waals surface area contributed by atoms with E-state index in [1.807, 2.05) is 0 Å². The van der Waals surface area contributed by atoms with Crippen LogP contribution in [-0.4, -0.2) is 35.2 Å². The minimum Gasteiger partial charge on any atom is -0.497 e. The number of hydrogen-bond donors (Lipinski definition) is 3. The molecule has 6 nitrogen and oxygen atoms in total. The Labute approximate surface area is 183 Å². The molecule has 0 heterocycles. The zero-order valence-corrected chi connectivity index (χ0v) is 18.0. The molecule has 0 aromatic heterocycles. The van der Waals surface area contributed by atoms with Crippen LogP contribution in [0.4, 0.5) is 5.69 Å². The first-order chi connectivity index (χ1) is 13.2. The molecule has 0 saturated carbocycles. The normalized spacial score (nSPS) is 11.9. The molecule has 3 N–H and O–H groups in total. The fraction of sp³-hybridized carbons (Fsp3) is 0.222. The zero-order chi connectivity index (χ0) is 20.7. The van der Waals surface area contributed by atoms with Crippen molar-refractivity contribution in [3.05, 3.63) is 54.1 Å². The van der Waals surface area contributed by atoms with Crippen molar-refractivity contribution in [3.63, 3.8) is 0 Å². The molecule has 0 bridgehead atoms. The summed E-state index contributed by atoms with van der Waals surface area (Å²) in [6.45, 7) is 0. The largest absolute Gasteiger partial charge is 0.497 e. The highest BCUT2D eigenvalue weighted by atomic mass is 35.6. The molecule has 0 aliphatic carbocycles. The van der Waals surface area contributed by atoms with Gasteiger partial charge in [-0.05, 0) is 48.6 Å². The number of carbonyl (C=O) groups is 1. The van der Waals surface area contributed by atoms with E-state index < -0.39 is 15.9 Å². The van der Waals surface area contributed by atoms with Crippen LogP contribution in [0, 0.1) is 0 Å². The number of methoxy groups -OCH3 is 2. The van der Waals surface area contributed by atoms with Gasteiger partial charge in [0.2, 0.25) is 3.79 Å². The fourth-order valence-corrected chi connectivity index (χ4v) is 2.78. The fourth-order valence-electron chi connectivity index (χ4n) is 2.21. The van der Waals surface area contributed by atoms with Crippen LogP contribution in [0.25, 0.3) is 0 Å². The smallest absolute Gasteiger partial charge is 0.256 e. The maximum absolute atomic E-state index is 12.6. The van der Waals surface area contributed by atoms with Crippen molar-refractivity contribution in [2.75, 3.05) is 19.5 Å². The third kappa shape index (κ3) is 6.31. The van der Waals surface area contributed by atoms with Crippen LogP contribution in [0.2, 0.25) is 0 Å². The van der Waals surface area contributed by atoms with Gasteiger partial charge in [0, 0.05) is 5.69 Å². The van der Waals surface area contributed by atoms with Crippen molar-refractivity contribution in [2.24, 2.45) is 0 Å². The predicted molar refractivity (Wildman–Crippen MR) is 117 cm³/mol. The molecule has 1 atom stereocenters. The van der Waals surface area contributed by atoms with Crippen molar-refractivity contribution >= 4 is 63.7 Å². The maximum atomic E-state index is 12.6. The number of benzene rings is 2. The number of hydrogen-bond acceptors (Lipinski definition) is 4. The number of thiocarbonyl (C=S) groups is 1. The van der Waals surface area contributed by atoms with Gasteiger partial charge >= 0.3 is 0 Å². The lowest BCUT2D eigenvalue weighted by atomic mass is 10.2. The number of halogens is 3. The van der Waals surface area contributed by atoms with Crippen molar-refractivity contribution < 1.29 is 14.3 Å². The van der Waals surface area contributed by atoms with E-state index in [1.54, 1.807) is 55.6 Å². The van der Waals surface area contributed by atoms with Gasteiger partial charge in [-0.2, -0.15) is 0 Å². The van der Waals surface area contributed by atoms with Gasteiger partial charge < -0.3 is 25.4 Å². The Kier molecular flexibility index (Phi) is 8.00. The maximum Gasteiger partial charge on any atom is 0.256 e. The summed E-state index contributed by atoms with van der Waals surface area (Å²) in [5.41, 5.74) is 0.984. The van der Waals surface area contributed by atoms with E-state index in [2.05, 4.69) is 16.0 Å². The van der Waals surface area contributed by atoms with Crippen LogP contribution < -0.4 is 25.4 Å². The van der Waals surface area contributed by atoms with Crippen molar-refractivity contribution in [1.82, 2.24) is 10.6 Å². The lowest BCUT2D eigenvalue weighted by molar-refractivity contribution is 0.0931. The first-order valence-electron chi connectivity index (χ1n) is 7.96. The molecule has 0 aliphatic heterocycles. The second-order valence-corrected chi connectivity index (χ2v) is 8.25. The molecule has 0 saturated heterocycles. The molecular formula is C18H18Cl3N3O3S. The summed E-state index contributed by atoms with van der Waals surface area (Å²) in [6.07, 6.45) is -1.10. The topological polar surface area (TPSA) is 71.6 Å². The molecule has 2 rings (SSSR count). The Balaban J connectivity index is 2.08. The SMILES string of the molecule is COc1ccc(NC(=S)N[C@@H](NC(=O)c2ccccc2OC)C(Cl)(Cl)Cl)cc1. The third-order valence-electron chi connectivity index (χ3n) is 3.58. The number of rotatable bonds is 6. The van der Waals surface area contributed by atoms with Gasteiger partial charge in [0.1, 0.15) is 17.7 Å². The van der Waals surface area contributed by atoms with Crippen LogP contribution in [0.15, 0.2) is 48.5 Å². The summed E-state index contributed by atoms with van der Waals surface area (Å²) >= 11 is 23.3. The second kappa shape index (κ2) is 10.0. The minimum absolute atomic E-state index is 0.154. The van der Waals surface area contributed by atoms with Gasteiger partial charge in [-0.15, -0.1) is 0 Å². The molecular weight excluding hydrogens is 445 g/mol. The van der Waals surface area contributed by atoms with E-state index in [9.17, 15) is 4.79 Å². The molecule has 2 aromatic carbocycles. The zero-order valence-electron chi connectivity index (χ0n) is 15.0. The first kappa shape index (κ1) is 22.4. The summed E-state index contributed by atoms with van der Waals surface area (Å²) in [6, 6.07) is 13.8. The summed E-state index contributed by atoms with van der Waals surface area (Å²) in [5.74, 6) is 0.600. The highest BCUT2D eigenvalue weighted by Gasteiger charge is 2.35. The number of ether oxygens (including phenoxy) is 2. The average molecular weight is 463 g/mol. The molecule has 1 amide bonds. The van der Waals surface area contributed by atoms with Crippen LogP contribution in [0.3, 0.4) is 0 Å². The summed E-state index contributed by atoms with van der Waals surface area (Å²) in [5, 5.41) is 8.50. The molecule has 0 radical (unpaired) electrons. The van der Waals surface area contributed by atoms with Crippen LogP contribution in [0.5, 0.6) is 11.5 Å². The minimum atomic E-state index is -1.87. The van der Waals surface area contributed by atoms with Crippen molar-refractivity contribution in [3.8, 4) is 11.5 Å². The van der Waals surface area contributed by atoms with Crippen molar-refractivity contribution in [2.45, 2.75) is 9.96 Å². The number of anilines is 1. The first-order valence-corrected chi connectivity index (χ1v) is 9.51. The second-order valence-electron chi connectivity index (χ2n) is 5.48. The number of nitrogens with one attached hydrogen (secondary N) is 3. The summed E-state index contributed by atoms with van der Waals surface area (Å²) in [4.78, 5) is 12.6. The molecule has 0 fully saturated rings. The van der Waals surface area contributed by atoms with Crippen LogP contribution >= 0.6 is 47.0 Å². The van der Waals surface area contributed by atoms with Crippen molar-refractivity contribution in [1.29, 1.82) is 0 Å². The molecule has 10 heteroatoms. The van der Waals surface area contributed by atoms with Crippen LogP contribution in [-0.2, 0) is 0 Å². The van der Waals surface area contributed by atoms with Gasteiger partial charge in [-0.3, -0.25) is 4.79 Å². The molecule has 0 unspecified atom stereocenters. The summed E-state index contributed by atoms with van der Waals surface area (Å²) in [7, 11) is 3.04.